The molecule has 0 radical (unpaired) electrons. The fraction of sp³-hybridized carbons (Fsp3) is 0.222. The number of aliphatic imine (C=N–C) groups is 1. The van der Waals surface area contributed by atoms with Crippen molar-refractivity contribution in [1.82, 2.24) is 14.1 Å². The summed E-state index contributed by atoms with van der Waals surface area (Å²) in [6.45, 7) is 1.60. The van der Waals surface area contributed by atoms with Crippen LogP contribution in [0.15, 0.2) is 11.1 Å². The Balaban J connectivity index is 2.09. The molecule has 88 valence electrons. The third-order valence-electron chi connectivity index (χ3n) is 2.36. The number of aromatic nitrogens is 2. The molecule has 0 amide bonds. The van der Waals surface area contributed by atoms with Gasteiger partial charge in [0, 0.05) is 6.54 Å². The lowest BCUT2D eigenvalue weighted by Gasteiger charge is -2.08. The predicted molar refractivity (Wildman–Crippen MR) is 71.4 cm³/mol. The molecule has 1 aromatic carbocycles. The average Bonchev–Trinajstić information content (AvgIpc) is 2.96. The maximum Gasteiger partial charge on any atom is 0.195 e. The van der Waals surface area contributed by atoms with Crippen LogP contribution in [-0.4, -0.2) is 27.8 Å². The highest BCUT2D eigenvalue weighted by molar-refractivity contribution is 7.00. The molecule has 1 aromatic heterocycles. The molecule has 0 fully saturated rings. The first-order valence-corrected chi connectivity index (χ1v) is 6.40. The Morgan fingerprint density at radius 1 is 1.29 bits per heavy atom. The quantitative estimate of drug-likeness (QED) is 0.845. The average molecular weight is 288 g/mol. The molecule has 0 saturated carbocycles. The van der Waals surface area contributed by atoms with E-state index in [0.29, 0.717) is 21.1 Å². The summed E-state index contributed by atoms with van der Waals surface area (Å²) in [6, 6.07) is 1.73. The minimum absolute atomic E-state index is 0.433. The van der Waals surface area contributed by atoms with Crippen LogP contribution < -0.4 is 10.6 Å². The lowest BCUT2D eigenvalue weighted by atomic mass is 10.2. The Kier molecular flexibility index (Phi) is 2.78. The molecule has 0 atom stereocenters. The number of halogens is 2. The monoisotopic (exact) mass is 287 g/mol. The smallest absolute Gasteiger partial charge is 0.195 e. The van der Waals surface area contributed by atoms with Gasteiger partial charge in [-0.15, -0.1) is 0 Å². The van der Waals surface area contributed by atoms with Gasteiger partial charge in [-0.05, 0) is 6.07 Å². The lowest BCUT2D eigenvalue weighted by Crippen LogP contribution is -2.26. The van der Waals surface area contributed by atoms with E-state index >= 15 is 0 Å². The molecule has 2 aromatic rings. The summed E-state index contributed by atoms with van der Waals surface area (Å²) in [5.41, 5.74) is 2.09. The number of rotatable bonds is 1. The summed E-state index contributed by atoms with van der Waals surface area (Å²) in [6.07, 6.45) is 0. The van der Waals surface area contributed by atoms with Crippen LogP contribution in [0, 0.1) is 0 Å². The number of benzene rings is 1. The van der Waals surface area contributed by atoms with Gasteiger partial charge < -0.3 is 10.6 Å². The van der Waals surface area contributed by atoms with Crippen LogP contribution in [0.3, 0.4) is 0 Å². The molecular weight excluding hydrogens is 281 g/mol. The topological polar surface area (TPSA) is 62.2 Å². The van der Waals surface area contributed by atoms with Crippen LogP contribution in [0.25, 0.3) is 11.0 Å². The number of fused-ring (bicyclic) bond motifs is 1. The van der Waals surface area contributed by atoms with Gasteiger partial charge in [0.05, 0.1) is 34.0 Å². The summed E-state index contributed by atoms with van der Waals surface area (Å²) in [5, 5.41) is 7.14. The number of hydrogen-bond acceptors (Lipinski definition) is 6. The van der Waals surface area contributed by atoms with Gasteiger partial charge in [-0.25, -0.2) is 0 Å². The normalized spacial score (nSPS) is 14.8. The summed E-state index contributed by atoms with van der Waals surface area (Å²) in [4.78, 5) is 4.25. The maximum atomic E-state index is 6.05. The van der Waals surface area contributed by atoms with Crippen LogP contribution in [0.2, 0.25) is 10.0 Å². The number of hydrogen-bond donors (Lipinski definition) is 2. The van der Waals surface area contributed by atoms with Gasteiger partial charge >= 0.3 is 0 Å². The summed E-state index contributed by atoms with van der Waals surface area (Å²) < 4.78 is 8.33. The van der Waals surface area contributed by atoms with E-state index in [9.17, 15) is 0 Å². The van der Waals surface area contributed by atoms with Crippen molar-refractivity contribution in [3.05, 3.63) is 16.1 Å². The predicted octanol–water partition coefficient (Wildman–Crippen LogP) is 2.37. The first kappa shape index (κ1) is 11.0. The van der Waals surface area contributed by atoms with Crippen LogP contribution in [0.1, 0.15) is 0 Å². The molecule has 17 heavy (non-hydrogen) atoms. The lowest BCUT2D eigenvalue weighted by molar-refractivity contribution is 0.959. The molecule has 3 rings (SSSR count). The van der Waals surface area contributed by atoms with E-state index < -0.39 is 0 Å². The van der Waals surface area contributed by atoms with Crippen molar-refractivity contribution in [3.63, 3.8) is 0 Å². The van der Waals surface area contributed by atoms with E-state index in [1.54, 1.807) is 6.07 Å². The van der Waals surface area contributed by atoms with Gasteiger partial charge in [0.2, 0.25) is 0 Å². The Hall–Kier alpha value is -1.11. The van der Waals surface area contributed by atoms with Gasteiger partial charge in [0.25, 0.3) is 0 Å². The molecule has 1 aliphatic rings. The highest BCUT2D eigenvalue weighted by Gasteiger charge is 2.15. The fourth-order valence-corrected chi connectivity index (χ4v) is 2.59. The van der Waals surface area contributed by atoms with Crippen LogP contribution in [0.4, 0.5) is 5.69 Å². The second-order valence-corrected chi connectivity index (χ2v) is 4.78. The minimum Gasteiger partial charge on any atom is -0.354 e. The zero-order valence-corrected chi connectivity index (χ0v) is 10.8. The summed E-state index contributed by atoms with van der Waals surface area (Å²) in [5.74, 6) is 0.720. The first-order valence-electron chi connectivity index (χ1n) is 4.91. The minimum atomic E-state index is 0.433. The SMILES string of the molecule is Clc1cc(NC2=NCCN2)c2nsnc2c1Cl. The second kappa shape index (κ2) is 4.29. The molecule has 1 aliphatic heterocycles. The maximum absolute atomic E-state index is 6.05. The van der Waals surface area contributed by atoms with Gasteiger partial charge in [-0.2, -0.15) is 8.75 Å². The largest absolute Gasteiger partial charge is 0.354 e. The van der Waals surface area contributed by atoms with E-state index in [4.69, 9.17) is 23.2 Å². The Labute approximate surface area is 111 Å². The van der Waals surface area contributed by atoms with Crippen molar-refractivity contribution in [2.45, 2.75) is 0 Å². The Morgan fingerprint density at radius 2 is 2.12 bits per heavy atom. The second-order valence-electron chi connectivity index (χ2n) is 3.46. The molecule has 2 N–H and O–H groups in total. The Bertz CT molecular complexity index is 609. The number of nitrogens with zero attached hydrogens (tertiary/aromatic N) is 3. The molecule has 0 saturated heterocycles. The molecule has 0 aliphatic carbocycles. The van der Waals surface area contributed by atoms with E-state index in [-0.39, 0.29) is 0 Å². The van der Waals surface area contributed by atoms with E-state index in [2.05, 4.69) is 24.4 Å². The highest BCUT2D eigenvalue weighted by atomic mass is 35.5. The zero-order chi connectivity index (χ0) is 11.8. The number of anilines is 1. The van der Waals surface area contributed by atoms with E-state index in [0.717, 1.165) is 36.5 Å². The fourth-order valence-electron chi connectivity index (χ4n) is 1.59. The standard InChI is InChI=1S/C9H7Cl2N5S/c10-4-3-5(14-9-12-1-2-13-9)7-8(6(4)11)16-17-15-7/h3H,1-2H2,(H2,12,13,14). The van der Waals surface area contributed by atoms with Crippen molar-refractivity contribution in [1.29, 1.82) is 0 Å². The van der Waals surface area contributed by atoms with Crippen molar-refractivity contribution in [2.24, 2.45) is 4.99 Å². The van der Waals surface area contributed by atoms with Crippen molar-refractivity contribution in [3.8, 4) is 0 Å². The summed E-state index contributed by atoms with van der Waals surface area (Å²) >= 11 is 13.2. The number of guanidine groups is 1. The number of nitrogens with one attached hydrogen (secondary N) is 2. The third kappa shape index (κ3) is 1.92. The molecule has 2 heterocycles. The summed E-state index contributed by atoms with van der Waals surface area (Å²) in [7, 11) is 0. The van der Waals surface area contributed by atoms with Crippen LogP contribution in [-0.2, 0) is 0 Å². The van der Waals surface area contributed by atoms with Gasteiger partial charge in [-0.1, -0.05) is 23.2 Å². The molecule has 0 spiro atoms. The Morgan fingerprint density at radius 3 is 2.88 bits per heavy atom. The highest BCUT2D eigenvalue weighted by Crippen LogP contribution is 2.34. The van der Waals surface area contributed by atoms with E-state index in [1.807, 2.05) is 0 Å². The van der Waals surface area contributed by atoms with Crippen LogP contribution in [0.5, 0.6) is 0 Å². The molecule has 8 heteroatoms. The van der Waals surface area contributed by atoms with Gasteiger partial charge in [0.1, 0.15) is 11.0 Å². The van der Waals surface area contributed by atoms with Gasteiger partial charge in [0.15, 0.2) is 5.96 Å². The molecular formula is C9H7Cl2N5S. The van der Waals surface area contributed by atoms with E-state index in [1.165, 1.54) is 0 Å². The van der Waals surface area contributed by atoms with Crippen molar-refractivity contribution in [2.75, 3.05) is 18.4 Å². The molecule has 5 nitrogen and oxygen atoms in total. The van der Waals surface area contributed by atoms with Crippen LogP contribution >= 0.6 is 34.9 Å². The zero-order valence-electron chi connectivity index (χ0n) is 8.50. The molecule has 0 unspecified atom stereocenters. The van der Waals surface area contributed by atoms with Gasteiger partial charge in [-0.3, -0.25) is 4.99 Å². The third-order valence-corrected chi connectivity index (χ3v) is 3.67. The first-order chi connectivity index (χ1) is 8.25. The molecule has 0 bridgehead atoms. The van der Waals surface area contributed by atoms with Crippen molar-refractivity contribution >= 4 is 57.6 Å². The van der Waals surface area contributed by atoms with Crippen molar-refractivity contribution < 1.29 is 0 Å².